The first-order valence-electron chi connectivity index (χ1n) is 6.42. The number of hydrogen-bond donors (Lipinski definition) is 2. The van der Waals surface area contributed by atoms with E-state index in [4.69, 9.17) is 0 Å². The number of amides is 1. The molecule has 106 valence electrons. The van der Waals surface area contributed by atoms with Crippen LogP contribution in [0.4, 0.5) is 0 Å². The Morgan fingerprint density at radius 1 is 1.28 bits per heavy atom. The molecule has 0 aromatic carbocycles. The molecule has 0 spiro atoms. The summed E-state index contributed by atoms with van der Waals surface area (Å²) in [7, 11) is -3.16. The third kappa shape index (κ3) is 4.57. The van der Waals surface area contributed by atoms with Gasteiger partial charge in [-0.15, -0.1) is 0 Å². The second kappa shape index (κ2) is 6.02. The lowest BCUT2D eigenvalue weighted by atomic mass is 10.2. The molecule has 0 unspecified atom stereocenters. The lowest BCUT2D eigenvalue weighted by molar-refractivity contribution is -0.120. The van der Waals surface area contributed by atoms with Crippen molar-refractivity contribution < 1.29 is 13.2 Å². The largest absolute Gasteiger partial charge is 0.353 e. The summed E-state index contributed by atoms with van der Waals surface area (Å²) in [6.45, 7) is 3.65. The molecule has 18 heavy (non-hydrogen) atoms. The summed E-state index contributed by atoms with van der Waals surface area (Å²) in [5.74, 6) is -0.140. The minimum atomic E-state index is -3.16. The molecule has 0 aromatic rings. The standard InChI is InChI=1S/C12H24N2O3S/c1-12(2,18(3,16)17)9-14-11(15)8-13-10-6-4-5-7-10/h10,13H,4-9H2,1-3H3,(H,14,15). The predicted octanol–water partition coefficient (Wildman–Crippen LogP) is 0.458. The van der Waals surface area contributed by atoms with Gasteiger partial charge in [-0.05, 0) is 26.7 Å². The molecule has 0 bridgehead atoms. The first kappa shape index (κ1) is 15.4. The van der Waals surface area contributed by atoms with Crippen molar-refractivity contribution in [2.75, 3.05) is 19.3 Å². The molecule has 1 saturated carbocycles. The van der Waals surface area contributed by atoms with Gasteiger partial charge in [-0.3, -0.25) is 4.79 Å². The smallest absolute Gasteiger partial charge is 0.234 e. The average molecular weight is 276 g/mol. The van der Waals surface area contributed by atoms with Gasteiger partial charge in [0.05, 0.1) is 11.3 Å². The van der Waals surface area contributed by atoms with Gasteiger partial charge >= 0.3 is 0 Å². The van der Waals surface area contributed by atoms with Crippen molar-refractivity contribution in [1.29, 1.82) is 0 Å². The van der Waals surface area contributed by atoms with Crippen molar-refractivity contribution in [2.24, 2.45) is 0 Å². The molecule has 1 aliphatic carbocycles. The van der Waals surface area contributed by atoms with Crippen molar-refractivity contribution in [3.8, 4) is 0 Å². The molecular weight excluding hydrogens is 252 g/mol. The highest BCUT2D eigenvalue weighted by Gasteiger charge is 2.30. The minimum absolute atomic E-state index is 0.140. The first-order valence-corrected chi connectivity index (χ1v) is 8.31. The molecule has 1 fully saturated rings. The lowest BCUT2D eigenvalue weighted by Gasteiger charge is -2.23. The van der Waals surface area contributed by atoms with Crippen LogP contribution in [0.5, 0.6) is 0 Å². The molecular formula is C12H24N2O3S. The topological polar surface area (TPSA) is 75.3 Å². The summed E-state index contributed by atoms with van der Waals surface area (Å²) < 4.78 is 22.0. The van der Waals surface area contributed by atoms with Crippen LogP contribution in [-0.2, 0) is 14.6 Å². The van der Waals surface area contributed by atoms with Crippen LogP contribution in [-0.4, -0.2) is 44.5 Å². The maximum Gasteiger partial charge on any atom is 0.234 e. The van der Waals surface area contributed by atoms with Crippen LogP contribution in [0.3, 0.4) is 0 Å². The number of rotatable bonds is 6. The van der Waals surface area contributed by atoms with Crippen molar-refractivity contribution in [2.45, 2.75) is 50.3 Å². The summed E-state index contributed by atoms with van der Waals surface area (Å²) in [6.07, 6.45) is 5.89. The van der Waals surface area contributed by atoms with Gasteiger partial charge in [0.25, 0.3) is 0 Å². The average Bonchev–Trinajstić information content (AvgIpc) is 2.74. The van der Waals surface area contributed by atoms with E-state index in [-0.39, 0.29) is 19.0 Å². The molecule has 0 heterocycles. The highest BCUT2D eigenvalue weighted by Crippen LogP contribution is 2.17. The normalized spacial score (nSPS) is 17.9. The zero-order valence-corrected chi connectivity index (χ0v) is 12.3. The van der Waals surface area contributed by atoms with Crippen molar-refractivity contribution in [3.63, 3.8) is 0 Å². The molecule has 0 aliphatic heterocycles. The third-order valence-electron chi connectivity index (χ3n) is 3.62. The van der Waals surface area contributed by atoms with E-state index in [1.165, 1.54) is 19.1 Å². The number of carbonyl (C=O) groups excluding carboxylic acids is 1. The van der Waals surface area contributed by atoms with Gasteiger partial charge in [-0.2, -0.15) is 0 Å². The zero-order valence-electron chi connectivity index (χ0n) is 11.5. The SMILES string of the molecule is CC(C)(CNC(=O)CNC1CCCC1)S(C)(=O)=O. The first-order chi connectivity index (χ1) is 8.22. The van der Waals surface area contributed by atoms with E-state index in [1.54, 1.807) is 13.8 Å². The molecule has 0 atom stereocenters. The molecule has 5 nitrogen and oxygen atoms in total. The number of sulfone groups is 1. The Morgan fingerprint density at radius 3 is 2.33 bits per heavy atom. The van der Waals surface area contributed by atoms with Gasteiger partial charge in [-0.1, -0.05) is 12.8 Å². The van der Waals surface area contributed by atoms with Crippen LogP contribution in [0.25, 0.3) is 0 Å². The molecule has 0 aromatic heterocycles. The highest BCUT2D eigenvalue weighted by atomic mass is 32.2. The maximum absolute atomic E-state index is 11.6. The fraction of sp³-hybridized carbons (Fsp3) is 0.917. The fourth-order valence-corrected chi connectivity index (χ4v) is 2.21. The van der Waals surface area contributed by atoms with Gasteiger partial charge in [0, 0.05) is 18.8 Å². The second-order valence-corrected chi connectivity index (χ2v) is 8.32. The van der Waals surface area contributed by atoms with Crippen LogP contribution >= 0.6 is 0 Å². The Labute approximate surface area is 110 Å². The molecule has 1 rings (SSSR count). The predicted molar refractivity (Wildman–Crippen MR) is 72.2 cm³/mol. The zero-order chi connectivity index (χ0) is 13.8. The Bertz CT molecular complexity index is 384. The lowest BCUT2D eigenvalue weighted by Crippen LogP contribution is -2.46. The molecule has 0 saturated heterocycles. The van der Waals surface area contributed by atoms with Crippen LogP contribution in [0, 0.1) is 0 Å². The number of carbonyl (C=O) groups is 1. The molecule has 1 amide bonds. The van der Waals surface area contributed by atoms with Crippen LogP contribution in [0.2, 0.25) is 0 Å². The van der Waals surface area contributed by atoms with E-state index in [1.807, 2.05) is 0 Å². The Morgan fingerprint density at radius 2 is 1.83 bits per heavy atom. The highest BCUT2D eigenvalue weighted by molar-refractivity contribution is 7.92. The minimum Gasteiger partial charge on any atom is -0.353 e. The van der Waals surface area contributed by atoms with Crippen molar-refractivity contribution in [1.82, 2.24) is 10.6 Å². The number of nitrogens with one attached hydrogen (secondary N) is 2. The Balaban J connectivity index is 2.28. The summed E-state index contributed by atoms with van der Waals surface area (Å²) >= 11 is 0. The maximum atomic E-state index is 11.6. The summed E-state index contributed by atoms with van der Waals surface area (Å²) in [5.41, 5.74) is 0. The Hall–Kier alpha value is -0.620. The molecule has 6 heteroatoms. The number of hydrogen-bond acceptors (Lipinski definition) is 4. The molecule has 2 N–H and O–H groups in total. The van der Waals surface area contributed by atoms with Gasteiger partial charge in [0.1, 0.15) is 0 Å². The van der Waals surface area contributed by atoms with Gasteiger partial charge in [0.2, 0.25) is 5.91 Å². The van der Waals surface area contributed by atoms with Gasteiger partial charge in [-0.25, -0.2) is 8.42 Å². The van der Waals surface area contributed by atoms with Crippen LogP contribution in [0.15, 0.2) is 0 Å². The Kier molecular flexibility index (Phi) is 5.16. The van der Waals surface area contributed by atoms with Gasteiger partial charge < -0.3 is 10.6 Å². The molecule has 1 aliphatic rings. The summed E-state index contributed by atoms with van der Waals surface area (Å²) in [6, 6.07) is 0.443. The molecule has 0 radical (unpaired) electrons. The van der Waals surface area contributed by atoms with Crippen LogP contribution < -0.4 is 10.6 Å². The summed E-state index contributed by atoms with van der Waals surface area (Å²) in [5, 5.41) is 5.87. The van der Waals surface area contributed by atoms with Crippen molar-refractivity contribution >= 4 is 15.7 Å². The van der Waals surface area contributed by atoms with E-state index < -0.39 is 14.6 Å². The quantitative estimate of drug-likeness (QED) is 0.739. The third-order valence-corrected chi connectivity index (χ3v) is 5.77. The van der Waals surface area contributed by atoms with Gasteiger partial charge in [0.15, 0.2) is 9.84 Å². The monoisotopic (exact) mass is 276 g/mol. The van der Waals surface area contributed by atoms with E-state index in [2.05, 4.69) is 10.6 Å². The van der Waals surface area contributed by atoms with Crippen molar-refractivity contribution in [3.05, 3.63) is 0 Å². The summed E-state index contributed by atoms with van der Waals surface area (Å²) in [4.78, 5) is 11.6. The van der Waals surface area contributed by atoms with Crippen LogP contribution in [0.1, 0.15) is 39.5 Å². The fourth-order valence-electron chi connectivity index (χ4n) is 1.87. The van der Waals surface area contributed by atoms with E-state index in [0.717, 1.165) is 12.8 Å². The van der Waals surface area contributed by atoms with E-state index in [0.29, 0.717) is 6.04 Å². The van der Waals surface area contributed by atoms with E-state index >= 15 is 0 Å². The second-order valence-electron chi connectivity index (χ2n) is 5.67. The van der Waals surface area contributed by atoms with E-state index in [9.17, 15) is 13.2 Å².